The average Bonchev–Trinajstić information content (AvgIpc) is 3.79. The molecule has 4 heterocycles. The zero-order valence-electron chi connectivity index (χ0n) is 31.2. The smallest absolute Gasteiger partial charge is 0.259 e. The lowest BCUT2D eigenvalue weighted by Crippen LogP contribution is -2.52. The van der Waals surface area contributed by atoms with E-state index in [1.165, 1.54) is 16.7 Å². The van der Waals surface area contributed by atoms with Crippen LogP contribution < -0.4 is 15.0 Å². The number of nitrogens with zero attached hydrogens (tertiary/aromatic N) is 4. The number of aromatic nitrogens is 1. The molecule has 0 saturated carbocycles. The summed E-state index contributed by atoms with van der Waals surface area (Å²) in [5.74, 6) is 0.654. The number of fused-ring (bicyclic) bond motifs is 2. The average molecular weight is 746 g/mol. The number of carbonyl (C=O) groups is 2. The van der Waals surface area contributed by atoms with E-state index in [4.69, 9.17) is 9.47 Å². The van der Waals surface area contributed by atoms with Gasteiger partial charge in [0, 0.05) is 87.6 Å². The Kier molecular flexibility index (Phi) is 11.2. The van der Waals surface area contributed by atoms with Gasteiger partial charge in [0.05, 0.1) is 18.8 Å². The van der Waals surface area contributed by atoms with Gasteiger partial charge in [-0.15, -0.1) is 12.4 Å². The van der Waals surface area contributed by atoms with Crippen molar-refractivity contribution < 1.29 is 19.1 Å². The minimum Gasteiger partial charge on any atom is -0.489 e. The van der Waals surface area contributed by atoms with E-state index in [1.54, 1.807) is 11.9 Å². The molecule has 1 saturated heterocycles. The molecule has 10 heteroatoms. The van der Waals surface area contributed by atoms with Crippen LogP contribution in [0.4, 0.5) is 5.69 Å². The van der Waals surface area contributed by atoms with Crippen molar-refractivity contribution in [1.82, 2.24) is 19.7 Å². The Morgan fingerprint density at radius 1 is 0.852 bits per heavy atom. The zero-order valence-corrected chi connectivity index (χ0v) is 32.0. The first-order valence-electron chi connectivity index (χ1n) is 18.6. The summed E-state index contributed by atoms with van der Waals surface area (Å²) in [5, 5.41) is 3.47. The molecule has 0 aliphatic carbocycles. The number of benzene rings is 4. The first-order valence-corrected chi connectivity index (χ1v) is 18.6. The van der Waals surface area contributed by atoms with Crippen LogP contribution in [-0.4, -0.2) is 72.1 Å². The van der Waals surface area contributed by atoms with Crippen LogP contribution in [0.25, 0.3) is 11.3 Å². The first kappa shape index (κ1) is 37.4. The number of hydrogen-bond acceptors (Lipinski definition) is 6. The number of hydrogen-bond donors (Lipinski definition) is 1. The normalized spacial score (nSPS) is 16.6. The molecule has 0 bridgehead atoms. The fourth-order valence-corrected chi connectivity index (χ4v) is 7.94. The summed E-state index contributed by atoms with van der Waals surface area (Å²) in [7, 11) is 3.78. The number of halogens is 1. The second kappa shape index (κ2) is 16.2. The Hall–Kier alpha value is -4.93. The van der Waals surface area contributed by atoms with E-state index in [0.717, 1.165) is 91.9 Å². The van der Waals surface area contributed by atoms with Crippen LogP contribution in [0.1, 0.15) is 54.2 Å². The molecule has 5 aromatic rings. The molecule has 4 aromatic carbocycles. The molecule has 3 aliphatic heterocycles. The lowest BCUT2D eigenvalue weighted by Gasteiger charge is -2.40. The summed E-state index contributed by atoms with van der Waals surface area (Å²) >= 11 is 0. The summed E-state index contributed by atoms with van der Waals surface area (Å²) in [6.45, 7) is 8.48. The van der Waals surface area contributed by atoms with Crippen molar-refractivity contribution >= 4 is 29.9 Å². The molecule has 280 valence electrons. The second-order valence-corrected chi connectivity index (χ2v) is 14.5. The summed E-state index contributed by atoms with van der Waals surface area (Å²) in [5.41, 5.74) is 10.5. The Labute approximate surface area is 323 Å². The van der Waals surface area contributed by atoms with Gasteiger partial charge in [-0.25, -0.2) is 0 Å². The molecule has 2 amide bonds. The van der Waals surface area contributed by atoms with Crippen molar-refractivity contribution in [1.29, 1.82) is 0 Å². The first-order chi connectivity index (χ1) is 25.8. The van der Waals surface area contributed by atoms with Gasteiger partial charge in [0.1, 0.15) is 12.4 Å². The van der Waals surface area contributed by atoms with Crippen LogP contribution >= 0.6 is 12.4 Å². The monoisotopic (exact) mass is 745 g/mol. The van der Waals surface area contributed by atoms with Crippen LogP contribution in [0.5, 0.6) is 5.75 Å². The molecular weight excluding hydrogens is 698 g/mol. The van der Waals surface area contributed by atoms with Crippen LogP contribution in [0, 0.1) is 6.92 Å². The van der Waals surface area contributed by atoms with Crippen molar-refractivity contribution in [3.63, 3.8) is 0 Å². The van der Waals surface area contributed by atoms with Crippen molar-refractivity contribution in [2.45, 2.75) is 45.6 Å². The molecular formula is C44H48ClN5O4. The number of nitrogens with one attached hydrogen (secondary N) is 1. The van der Waals surface area contributed by atoms with Gasteiger partial charge in [0.2, 0.25) is 0 Å². The van der Waals surface area contributed by atoms with Gasteiger partial charge in [0.15, 0.2) is 0 Å². The Morgan fingerprint density at radius 2 is 1.54 bits per heavy atom. The van der Waals surface area contributed by atoms with E-state index in [2.05, 4.69) is 56.1 Å². The Balaban J connectivity index is 0.00000450. The highest BCUT2D eigenvalue weighted by Crippen LogP contribution is 2.35. The summed E-state index contributed by atoms with van der Waals surface area (Å²) < 4.78 is 13.7. The van der Waals surface area contributed by atoms with Crippen molar-refractivity contribution in [2.24, 2.45) is 7.05 Å². The minimum absolute atomic E-state index is 0. The predicted molar refractivity (Wildman–Crippen MR) is 214 cm³/mol. The molecule has 9 nitrogen and oxygen atoms in total. The summed E-state index contributed by atoms with van der Waals surface area (Å²) in [4.78, 5) is 35.3. The number of ether oxygens (including phenoxy) is 2. The van der Waals surface area contributed by atoms with Crippen molar-refractivity contribution in [3.8, 4) is 17.0 Å². The van der Waals surface area contributed by atoms with E-state index in [0.29, 0.717) is 24.3 Å². The second-order valence-electron chi connectivity index (χ2n) is 14.5. The molecule has 1 N–H and O–H groups in total. The largest absolute Gasteiger partial charge is 0.489 e. The molecule has 0 spiro atoms. The number of rotatable bonds is 9. The van der Waals surface area contributed by atoms with Gasteiger partial charge in [-0.1, -0.05) is 54.6 Å². The van der Waals surface area contributed by atoms with Gasteiger partial charge >= 0.3 is 0 Å². The van der Waals surface area contributed by atoms with E-state index in [-0.39, 0.29) is 30.3 Å². The van der Waals surface area contributed by atoms with Gasteiger partial charge in [-0.3, -0.25) is 14.5 Å². The van der Waals surface area contributed by atoms with Crippen LogP contribution in [-0.2, 0) is 44.4 Å². The maximum atomic E-state index is 15.0. The van der Waals surface area contributed by atoms with Gasteiger partial charge in [-0.2, -0.15) is 0 Å². The van der Waals surface area contributed by atoms with Gasteiger partial charge < -0.3 is 29.2 Å². The third-order valence-electron chi connectivity index (χ3n) is 11.2. The highest BCUT2D eigenvalue weighted by Gasteiger charge is 2.34. The van der Waals surface area contributed by atoms with Crippen molar-refractivity contribution in [3.05, 3.63) is 142 Å². The Morgan fingerprint density at radius 3 is 2.28 bits per heavy atom. The lowest BCUT2D eigenvalue weighted by molar-refractivity contribution is 0.0193. The molecule has 3 aliphatic rings. The van der Waals surface area contributed by atoms with E-state index < -0.39 is 0 Å². The van der Waals surface area contributed by atoms with E-state index in [9.17, 15) is 4.79 Å². The molecule has 1 fully saturated rings. The SMILES string of the molecule is Cc1c(C(=O)N(C)c2ccc(OCc3ccccc3)cc2)cc(-c2cc3c(cc2C(=O)N2Cc4ccccc4C[C@H]2CN2CCOCC2)CNC3)n1C.Cl. The Bertz CT molecular complexity index is 2130. The molecule has 1 aromatic heterocycles. The van der Waals surface area contributed by atoms with Gasteiger partial charge in [0.25, 0.3) is 11.8 Å². The molecule has 0 unspecified atom stereocenters. The van der Waals surface area contributed by atoms with Crippen molar-refractivity contribution in [2.75, 3.05) is 44.8 Å². The molecule has 54 heavy (non-hydrogen) atoms. The van der Waals surface area contributed by atoms with Gasteiger partial charge in [-0.05, 0) is 83.6 Å². The maximum absolute atomic E-state index is 15.0. The van der Waals surface area contributed by atoms with E-state index in [1.807, 2.05) is 74.6 Å². The maximum Gasteiger partial charge on any atom is 0.259 e. The number of amides is 2. The predicted octanol–water partition coefficient (Wildman–Crippen LogP) is 6.78. The highest BCUT2D eigenvalue weighted by atomic mass is 35.5. The third-order valence-corrected chi connectivity index (χ3v) is 11.2. The highest BCUT2D eigenvalue weighted by molar-refractivity contribution is 6.08. The number of carbonyl (C=O) groups excluding carboxylic acids is 2. The fourth-order valence-electron chi connectivity index (χ4n) is 7.94. The van der Waals surface area contributed by atoms with E-state index >= 15 is 4.79 Å². The third kappa shape index (κ3) is 7.54. The molecule has 0 radical (unpaired) electrons. The summed E-state index contributed by atoms with van der Waals surface area (Å²) in [6, 6.07) is 32.4. The van der Waals surface area contributed by atoms with Crippen LogP contribution in [0.15, 0.2) is 97.1 Å². The van der Waals surface area contributed by atoms with Crippen LogP contribution in [0.3, 0.4) is 0 Å². The quantitative estimate of drug-likeness (QED) is 0.179. The topological polar surface area (TPSA) is 79.3 Å². The number of morpholine rings is 1. The molecule has 8 rings (SSSR count). The minimum atomic E-state index is -0.115. The fraction of sp³-hybridized carbons (Fsp3) is 0.318. The standard InChI is InChI=1S/C44H47N5O4.ClH/c1-30-39(43(50)47(3)36-13-15-38(16-14-36)53-29-31-9-5-4-6-10-31)24-42(46(30)2)40-22-34-25-45-26-35(34)23-41(40)44(51)49-27-33-12-8-7-11-32(33)21-37(49)28-48-17-19-52-20-18-48;/h4-16,22-24,37,45H,17-21,25-29H2,1-3H3;1H/t37-;/m0./s1. The number of anilines is 1. The summed E-state index contributed by atoms with van der Waals surface area (Å²) in [6.07, 6.45) is 0.815. The molecule has 1 atom stereocenters. The lowest BCUT2D eigenvalue weighted by atomic mass is 9.91. The zero-order chi connectivity index (χ0) is 36.5. The van der Waals surface area contributed by atoms with Crippen LogP contribution in [0.2, 0.25) is 0 Å².